The van der Waals surface area contributed by atoms with Crippen molar-refractivity contribution in [2.75, 3.05) is 13.2 Å². The van der Waals surface area contributed by atoms with E-state index >= 15 is 0 Å². The Labute approximate surface area is 365 Å². The van der Waals surface area contributed by atoms with Gasteiger partial charge in [0.05, 0.1) is 0 Å². The van der Waals surface area contributed by atoms with Gasteiger partial charge in [-0.1, -0.05) is 223 Å². The van der Waals surface area contributed by atoms with Crippen LogP contribution in [0.1, 0.15) is 252 Å². The lowest BCUT2D eigenvalue weighted by Gasteiger charge is -2.18. The average molecular weight is 827 g/mol. The predicted octanol–water partition coefficient (Wildman–Crippen LogP) is 16.3. The fraction of sp³-hybridized carbons (Fsp3) is 0.792. The molecular formula is C53H94O6. The molecule has 0 radical (unpaired) electrons. The second-order valence-corrected chi connectivity index (χ2v) is 16.7. The van der Waals surface area contributed by atoms with Gasteiger partial charge in [-0.15, -0.1) is 0 Å². The summed E-state index contributed by atoms with van der Waals surface area (Å²) < 4.78 is 16.7. The first-order chi connectivity index (χ1) is 29.0. The summed E-state index contributed by atoms with van der Waals surface area (Å²) in [6, 6.07) is 0. The van der Waals surface area contributed by atoms with Crippen LogP contribution in [0, 0.1) is 0 Å². The monoisotopic (exact) mass is 827 g/mol. The molecule has 0 bridgehead atoms. The van der Waals surface area contributed by atoms with Gasteiger partial charge in [-0.05, 0) is 57.8 Å². The fourth-order valence-corrected chi connectivity index (χ4v) is 7.08. The molecule has 0 aromatic heterocycles. The number of carbonyl (C=O) groups excluding carboxylic acids is 3. The Balaban J connectivity index is 4.42. The quantitative estimate of drug-likeness (QED) is 0.0263. The van der Waals surface area contributed by atoms with Gasteiger partial charge in [-0.25, -0.2) is 0 Å². The molecule has 0 saturated carbocycles. The maximum absolute atomic E-state index is 12.8. The third-order valence-corrected chi connectivity index (χ3v) is 10.8. The summed E-state index contributed by atoms with van der Waals surface area (Å²) in [6.07, 6.45) is 56.6. The highest BCUT2D eigenvalue weighted by atomic mass is 16.6. The summed E-state index contributed by atoms with van der Waals surface area (Å²) in [5.74, 6) is -0.918. The van der Waals surface area contributed by atoms with Crippen LogP contribution in [0.3, 0.4) is 0 Å². The van der Waals surface area contributed by atoms with E-state index < -0.39 is 6.10 Å². The smallest absolute Gasteiger partial charge is 0.306 e. The topological polar surface area (TPSA) is 78.9 Å². The minimum Gasteiger partial charge on any atom is -0.462 e. The molecule has 0 aliphatic carbocycles. The van der Waals surface area contributed by atoms with Crippen LogP contribution in [0.2, 0.25) is 0 Å². The number of hydrogen-bond acceptors (Lipinski definition) is 6. The van der Waals surface area contributed by atoms with Crippen LogP contribution in [0.25, 0.3) is 0 Å². The lowest BCUT2D eigenvalue weighted by Crippen LogP contribution is -2.30. The zero-order valence-electron chi connectivity index (χ0n) is 39.0. The van der Waals surface area contributed by atoms with E-state index in [1.54, 1.807) is 0 Å². The first-order valence-electron chi connectivity index (χ1n) is 25.1. The van der Waals surface area contributed by atoms with Gasteiger partial charge in [-0.3, -0.25) is 14.4 Å². The van der Waals surface area contributed by atoms with Gasteiger partial charge in [-0.2, -0.15) is 0 Å². The zero-order valence-corrected chi connectivity index (χ0v) is 39.0. The molecule has 0 heterocycles. The number of rotatable bonds is 45. The molecule has 0 unspecified atom stereocenters. The van der Waals surface area contributed by atoms with Crippen molar-refractivity contribution in [2.45, 2.75) is 258 Å². The lowest BCUT2D eigenvalue weighted by atomic mass is 10.0. The first-order valence-corrected chi connectivity index (χ1v) is 25.1. The van der Waals surface area contributed by atoms with Crippen LogP contribution >= 0.6 is 0 Å². The summed E-state index contributed by atoms with van der Waals surface area (Å²) in [6.45, 7) is 6.50. The molecule has 0 amide bonds. The second kappa shape index (κ2) is 48.0. The van der Waals surface area contributed by atoms with E-state index in [1.165, 1.54) is 128 Å². The molecule has 342 valence electrons. The summed E-state index contributed by atoms with van der Waals surface area (Å²) >= 11 is 0. The Kier molecular flexibility index (Phi) is 45.9. The van der Waals surface area contributed by atoms with Crippen molar-refractivity contribution in [3.05, 3.63) is 48.6 Å². The van der Waals surface area contributed by atoms with Gasteiger partial charge in [0.25, 0.3) is 0 Å². The standard InChI is InChI=1S/C53H94O6/c1-4-7-10-13-16-19-22-25-27-29-31-34-37-40-43-46-52(55)58-49-50(48-57-51(54)45-42-39-36-33-30-24-21-18-15-12-9-6-3)59-53(56)47-44-41-38-35-32-28-26-23-20-17-14-11-8-5-2/h7,10,16,19,25,27,31,34,50H,4-6,8-9,11-15,17-18,20-24,26,28-30,32-33,35-49H2,1-3H3/b10-7-,19-16-,27-25-,34-31-/t50-/m1/s1. The molecule has 0 spiro atoms. The summed E-state index contributed by atoms with van der Waals surface area (Å²) in [4.78, 5) is 37.9. The minimum absolute atomic E-state index is 0.0827. The molecular weight excluding hydrogens is 733 g/mol. The van der Waals surface area contributed by atoms with Crippen LogP contribution < -0.4 is 0 Å². The Hall–Kier alpha value is -2.63. The molecule has 1 atom stereocenters. The average Bonchev–Trinajstić information content (AvgIpc) is 3.23. The van der Waals surface area contributed by atoms with Crippen molar-refractivity contribution in [1.82, 2.24) is 0 Å². The van der Waals surface area contributed by atoms with Crippen molar-refractivity contribution < 1.29 is 28.6 Å². The summed E-state index contributed by atoms with van der Waals surface area (Å²) in [5, 5.41) is 0. The van der Waals surface area contributed by atoms with Gasteiger partial charge < -0.3 is 14.2 Å². The fourth-order valence-electron chi connectivity index (χ4n) is 7.08. The number of esters is 3. The number of ether oxygens (including phenoxy) is 3. The van der Waals surface area contributed by atoms with Gasteiger partial charge in [0.1, 0.15) is 13.2 Å². The molecule has 0 aliphatic rings. The Morgan fingerprint density at radius 1 is 0.356 bits per heavy atom. The Bertz CT molecular complexity index is 1040. The van der Waals surface area contributed by atoms with Gasteiger partial charge in [0.2, 0.25) is 0 Å². The zero-order chi connectivity index (χ0) is 43.0. The number of allylic oxidation sites excluding steroid dienone is 8. The van der Waals surface area contributed by atoms with Gasteiger partial charge in [0.15, 0.2) is 6.10 Å². The molecule has 6 heteroatoms. The van der Waals surface area contributed by atoms with Crippen molar-refractivity contribution in [3.63, 3.8) is 0 Å². The van der Waals surface area contributed by atoms with E-state index in [0.717, 1.165) is 83.5 Å². The van der Waals surface area contributed by atoms with Crippen LogP contribution in [-0.4, -0.2) is 37.2 Å². The van der Waals surface area contributed by atoms with Crippen molar-refractivity contribution in [3.8, 4) is 0 Å². The van der Waals surface area contributed by atoms with Crippen molar-refractivity contribution >= 4 is 17.9 Å². The predicted molar refractivity (Wildman–Crippen MR) is 252 cm³/mol. The minimum atomic E-state index is -0.784. The maximum atomic E-state index is 12.8. The molecule has 0 aliphatic heterocycles. The molecule has 0 aromatic carbocycles. The van der Waals surface area contributed by atoms with E-state index in [0.29, 0.717) is 19.3 Å². The molecule has 0 N–H and O–H groups in total. The number of carbonyl (C=O) groups is 3. The van der Waals surface area contributed by atoms with E-state index in [-0.39, 0.29) is 31.1 Å². The van der Waals surface area contributed by atoms with Gasteiger partial charge >= 0.3 is 17.9 Å². The first kappa shape index (κ1) is 56.4. The van der Waals surface area contributed by atoms with E-state index in [1.807, 2.05) is 0 Å². The van der Waals surface area contributed by atoms with Crippen molar-refractivity contribution in [1.29, 1.82) is 0 Å². The van der Waals surface area contributed by atoms with Gasteiger partial charge in [0, 0.05) is 19.3 Å². The Morgan fingerprint density at radius 3 is 1.03 bits per heavy atom. The molecule has 0 fully saturated rings. The highest BCUT2D eigenvalue weighted by molar-refractivity contribution is 5.71. The van der Waals surface area contributed by atoms with Crippen LogP contribution in [0.5, 0.6) is 0 Å². The third kappa shape index (κ3) is 46.3. The largest absolute Gasteiger partial charge is 0.462 e. The highest BCUT2D eigenvalue weighted by Crippen LogP contribution is 2.15. The SMILES string of the molecule is CC/C=C\C/C=C\C/C=C\C/C=C\CCCCC(=O)OC[C@@H](COC(=O)CCCCCCCCCCCCCC)OC(=O)CCCCCCCCCCCCCCCC. The number of unbranched alkanes of at least 4 members (excludes halogenated alkanes) is 26. The van der Waals surface area contributed by atoms with Crippen molar-refractivity contribution in [2.24, 2.45) is 0 Å². The molecule has 6 nitrogen and oxygen atoms in total. The summed E-state index contributed by atoms with van der Waals surface area (Å²) in [5.41, 5.74) is 0. The van der Waals surface area contributed by atoms with E-state index in [9.17, 15) is 14.4 Å². The molecule has 0 saturated heterocycles. The Morgan fingerprint density at radius 2 is 0.661 bits per heavy atom. The normalized spacial score (nSPS) is 12.4. The van der Waals surface area contributed by atoms with Crippen LogP contribution in [0.15, 0.2) is 48.6 Å². The highest BCUT2D eigenvalue weighted by Gasteiger charge is 2.19. The van der Waals surface area contributed by atoms with E-state index in [2.05, 4.69) is 69.4 Å². The molecule has 59 heavy (non-hydrogen) atoms. The summed E-state index contributed by atoms with van der Waals surface area (Å²) in [7, 11) is 0. The molecule has 0 aromatic rings. The number of hydrogen-bond donors (Lipinski definition) is 0. The third-order valence-electron chi connectivity index (χ3n) is 10.8. The van der Waals surface area contributed by atoms with Crippen LogP contribution in [-0.2, 0) is 28.6 Å². The maximum Gasteiger partial charge on any atom is 0.306 e. The van der Waals surface area contributed by atoms with E-state index in [4.69, 9.17) is 14.2 Å². The van der Waals surface area contributed by atoms with Crippen LogP contribution in [0.4, 0.5) is 0 Å². The second-order valence-electron chi connectivity index (χ2n) is 16.7. The lowest BCUT2D eigenvalue weighted by molar-refractivity contribution is -0.167. The molecule has 0 rings (SSSR count).